The molecular weight excluding hydrogens is 277 g/mol. The first kappa shape index (κ1) is 14.1. The predicted molar refractivity (Wildman–Crippen MR) is 74.1 cm³/mol. The van der Waals surface area contributed by atoms with Gasteiger partial charge in [-0.1, -0.05) is 18.2 Å². The predicted octanol–water partition coefficient (Wildman–Crippen LogP) is 3.69. The van der Waals surface area contributed by atoms with Crippen LogP contribution in [-0.2, 0) is 5.75 Å². The van der Waals surface area contributed by atoms with E-state index >= 15 is 0 Å². The van der Waals surface area contributed by atoms with Crippen LogP contribution in [-0.4, -0.2) is 11.1 Å². The van der Waals surface area contributed by atoms with Crippen LogP contribution in [0.4, 0.5) is 4.39 Å². The number of rotatable bonds is 4. The lowest BCUT2D eigenvalue weighted by Gasteiger charge is -2.05. The molecule has 0 spiro atoms. The summed E-state index contributed by atoms with van der Waals surface area (Å²) in [4.78, 5) is 11.6. The number of benzene rings is 2. The summed E-state index contributed by atoms with van der Waals surface area (Å²) >= 11 is 1.33. The van der Waals surface area contributed by atoms with Gasteiger partial charge in [0.1, 0.15) is 11.9 Å². The molecule has 20 heavy (non-hydrogen) atoms. The van der Waals surface area contributed by atoms with Gasteiger partial charge in [0, 0.05) is 10.6 Å². The first-order valence-electron chi connectivity index (χ1n) is 5.75. The van der Waals surface area contributed by atoms with Crippen molar-refractivity contribution in [2.75, 3.05) is 0 Å². The third-order valence-corrected chi connectivity index (χ3v) is 3.72. The number of carboxylic acid groups (broad SMARTS) is 1. The summed E-state index contributed by atoms with van der Waals surface area (Å²) in [6, 6.07) is 12.9. The smallest absolute Gasteiger partial charge is 0.335 e. The van der Waals surface area contributed by atoms with Crippen LogP contribution in [0, 0.1) is 17.1 Å². The average molecular weight is 287 g/mol. The Bertz CT molecular complexity index is 695. The Kier molecular flexibility index (Phi) is 4.38. The molecule has 0 amide bonds. The van der Waals surface area contributed by atoms with E-state index in [1.165, 1.54) is 23.9 Å². The molecule has 2 aromatic rings. The second-order valence-corrected chi connectivity index (χ2v) is 5.06. The summed E-state index contributed by atoms with van der Waals surface area (Å²) in [6.45, 7) is 0. The zero-order valence-corrected chi connectivity index (χ0v) is 11.2. The second kappa shape index (κ2) is 6.22. The van der Waals surface area contributed by atoms with Gasteiger partial charge in [0.25, 0.3) is 0 Å². The van der Waals surface area contributed by atoms with Crippen LogP contribution < -0.4 is 0 Å². The summed E-state index contributed by atoms with van der Waals surface area (Å²) < 4.78 is 13.9. The van der Waals surface area contributed by atoms with Crippen molar-refractivity contribution in [2.24, 2.45) is 0 Å². The highest BCUT2D eigenvalue weighted by Gasteiger charge is 2.09. The lowest BCUT2D eigenvalue weighted by molar-refractivity contribution is 0.0696. The standard InChI is InChI=1S/C15H10FNO2S/c16-14-11(8-17)4-1-5-12(14)9-20-13-6-2-3-10(7-13)15(18)19/h1-7H,9H2,(H,18,19). The lowest BCUT2D eigenvalue weighted by Crippen LogP contribution is -1.96. The number of halogens is 1. The first-order chi connectivity index (χ1) is 9.61. The van der Waals surface area contributed by atoms with Gasteiger partial charge in [-0.05, 0) is 29.8 Å². The molecule has 0 unspecified atom stereocenters. The first-order valence-corrected chi connectivity index (χ1v) is 6.74. The number of carbonyl (C=O) groups is 1. The van der Waals surface area contributed by atoms with Gasteiger partial charge in [-0.2, -0.15) is 5.26 Å². The Labute approximate surface area is 119 Å². The summed E-state index contributed by atoms with van der Waals surface area (Å²) in [5.74, 6) is -1.17. The van der Waals surface area contributed by atoms with E-state index in [2.05, 4.69) is 0 Å². The summed E-state index contributed by atoms with van der Waals surface area (Å²) in [7, 11) is 0. The second-order valence-electron chi connectivity index (χ2n) is 4.01. The van der Waals surface area contributed by atoms with Crippen LogP contribution in [0.3, 0.4) is 0 Å². The van der Waals surface area contributed by atoms with Crippen molar-refractivity contribution in [3.63, 3.8) is 0 Å². The van der Waals surface area contributed by atoms with Crippen LogP contribution in [0.2, 0.25) is 0 Å². The number of nitriles is 1. The largest absolute Gasteiger partial charge is 0.478 e. The minimum absolute atomic E-state index is 0.0161. The molecule has 0 aromatic heterocycles. The van der Waals surface area contributed by atoms with E-state index in [1.807, 2.05) is 0 Å². The molecule has 2 rings (SSSR count). The van der Waals surface area contributed by atoms with Gasteiger partial charge in [-0.15, -0.1) is 11.8 Å². The van der Waals surface area contributed by atoms with Gasteiger partial charge in [-0.3, -0.25) is 0 Å². The SMILES string of the molecule is N#Cc1cccc(CSc2cccc(C(=O)O)c2)c1F. The molecule has 0 aliphatic heterocycles. The van der Waals surface area contributed by atoms with Gasteiger partial charge in [0.2, 0.25) is 0 Å². The number of aromatic carboxylic acids is 1. The maximum Gasteiger partial charge on any atom is 0.335 e. The fourth-order valence-electron chi connectivity index (χ4n) is 1.66. The molecule has 0 bridgehead atoms. The van der Waals surface area contributed by atoms with Crippen LogP contribution >= 0.6 is 11.8 Å². The Morgan fingerprint density at radius 3 is 2.75 bits per heavy atom. The topological polar surface area (TPSA) is 61.1 Å². The van der Waals surface area contributed by atoms with Crippen LogP contribution in [0.5, 0.6) is 0 Å². The van der Waals surface area contributed by atoms with Gasteiger partial charge in [-0.25, -0.2) is 9.18 Å². The van der Waals surface area contributed by atoms with E-state index in [0.717, 1.165) is 4.90 Å². The van der Waals surface area contributed by atoms with E-state index in [4.69, 9.17) is 10.4 Å². The van der Waals surface area contributed by atoms with Crippen molar-refractivity contribution in [2.45, 2.75) is 10.6 Å². The fourth-order valence-corrected chi connectivity index (χ4v) is 2.59. The van der Waals surface area contributed by atoms with Gasteiger partial charge < -0.3 is 5.11 Å². The number of nitrogens with zero attached hydrogens (tertiary/aromatic N) is 1. The van der Waals surface area contributed by atoms with E-state index in [9.17, 15) is 9.18 Å². The minimum Gasteiger partial charge on any atom is -0.478 e. The third-order valence-electron chi connectivity index (χ3n) is 2.67. The Hall–Kier alpha value is -2.32. The molecule has 5 heteroatoms. The number of carboxylic acids is 1. The number of thioether (sulfide) groups is 1. The maximum absolute atomic E-state index is 13.9. The molecule has 100 valence electrons. The van der Waals surface area contributed by atoms with E-state index in [1.54, 1.807) is 36.4 Å². The molecule has 0 atom stereocenters. The summed E-state index contributed by atoms with van der Waals surface area (Å²) in [6.07, 6.45) is 0. The molecule has 3 nitrogen and oxygen atoms in total. The Balaban J connectivity index is 2.15. The minimum atomic E-state index is -0.995. The lowest BCUT2D eigenvalue weighted by atomic mass is 10.1. The van der Waals surface area contributed by atoms with Crippen LogP contribution in [0.1, 0.15) is 21.5 Å². The van der Waals surface area contributed by atoms with Gasteiger partial charge in [0.15, 0.2) is 0 Å². The Morgan fingerprint density at radius 2 is 2.05 bits per heavy atom. The highest BCUT2D eigenvalue weighted by atomic mass is 32.2. The van der Waals surface area contributed by atoms with Crippen molar-refractivity contribution in [3.8, 4) is 6.07 Å². The number of hydrogen-bond donors (Lipinski definition) is 1. The van der Waals surface area contributed by atoms with Crippen molar-refractivity contribution in [1.82, 2.24) is 0 Å². The normalized spacial score (nSPS) is 10.0. The highest BCUT2D eigenvalue weighted by molar-refractivity contribution is 7.98. The van der Waals surface area contributed by atoms with Gasteiger partial charge in [0.05, 0.1) is 11.1 Å². The molecule has 0 aliphatic carbocycles. The molecule has 0 aliphatic rings. The number of hydrogen-bond acceptors (Lipinski definition) is 3. The molecule has 0 radical (unpaired) electrons. The molecule has 0 saturated carbocycles. The molecule has 0 heterocycles. The van der Waals surface area contributed by atoms with Crippen LogP contribution in [0.25, 0.3) is 0 Å². The molecule has 0 saturated heterocycles. The van der Waals surface area contributed by atoms with E-state index in [-0.39, 0.29) is 11.1 Å². The van der Waals surface area contributed by atoms with Crippen molar-refractivity contribution in [3.05, 3.63) is 65.0 Å². The van der Waals surface area contributed by atoms with E-state index in [0.29, 0.717) is 11.3 Å². The van der Waals surface area contributed by atoms with Crippen LogP contribution in [0.15, 0.2) is 47.4 Å². The molecule has 2 aromatic carbocycles. The van der Waals surface area contributed by atoms with Crippen molar-refractivity contribution < 1.29 is 14.3 Å². The van der Waals surface area contributed by atoms with Crippen molar-refractivity contribution in [1.29, 1.82) is 5.26 Å². The maximum atomic E-state index is 13.9. The third kappa shape index (κ3) is 3.16. The monoisotopic (exact) mass is 287 g/mol. The summed E-state index contributed by atoms with van der Waals surface area (Å²) in [5, 5.41) is 17.7. The Morgan fingerprint density at radius 1 is 1.30 bits per heavy atom. The van der Waals surface area contributed by atoms with E-state index < -0.39 is 11.8 Å². The highest BCUT2D eigenvalue weighted by Crippen LogP contribution is 2.25. The molecule has 1 N–H and O–H groups in total. The average Bonchev–Trinajstić information content (AvgIpc) is 2.46. The zero-order valence-electron chi connectivity index (χ0n) is 10.3. The molecular formula is C15H10FNO2S. The fraction of sp³-hybridized carbons (Fsp3) is 0.0667. The molecule has 0 fully saturated rings. The zero-order chi connectivity index (χ0) is 14.5. The van der Waals surface area contributed by atoms with Gasteiger partial charge >= 0.3 is 5.97 Å². The summed E-state index contributed by atoms with van der Waals surface area (Å²) in [5.41, 5.74) is 0.637. The quantitative estimate of drug-likeness (QED) is 0.871. The van der Waals surface area contributed by atoms with Crippen molar-refractivity contribution >= 4 is 17.7 Å².